The molecule has 0 bridgehead atoms. The van der Waals surface area contributed by atoms with Gasteiger partial charge in [-0.15, -0.1) is 0 Å². The molecule has 0 spiro atoms. The van der Waals surface area contributed by atoms with E-state index in [4.69, 9.17) is 0 Å². The number of hydrogen-bond donors (Lipinski definition) is 3. The number of hydrogen-bond acceptors (Lipinski definition) is 4. The minimum atomic E-state index is -0.607. The summed E-state index contributed by atoms with van der Waals surface area (Å²) in [5.74, 6) is -0.897. The predicted molar refractivity (Wildman–Crippen MR) is 86.9 cm³/mol. The van der Waals surface area contributed by atoms with Gasteiger partial charge in [-0.2, -0.15) is 0 Å². The number of quaternary nitrogens is 1. The topological polar surface area (TPSA) is 88.9 Å². The number of nitrogens with one attached hydrogen (secondary N) is 3. The summed E-state index contributed by atoms with van der Waals surface area (Å²) >= 11 is 3.34. The van der Waals surface area contributed by atoms with Crippen LogP contribution >= 0.6 is 15.9 Å². The minimum Gasteiger partial charge on any atom is -0.469 e. The number of methoxy groups -OCH3 is 1. The molecular formula is C15H19BrN3O4+. The summed E-state index contributed by atoms with van der Waals surface area (Å²) in [6.07, 6.45) is -0.0398. The largest absolute Gasteiger partial charge is 0.469 e. The van der Waals surface area contributed by atoms with Crippen LogP contribution in [0.5, 0.6) is 0 Å². The number of halogens is 1. The summed E-state index contributed by atoms with van der Waals surface area (Å²) < 4.78 is 5.49. The van der Waals surface area contributed by atoms with Gasteiger partial charge in [-0.25, -0.2) is 0 Å². The fourth-order valence-electron chi connectivity index (χ4n) is 2.51. The highest BCUT2D eigenvalue weighted by atomic mass is 79.9. The van der Waals surface area contributed by atoms with Gasteiger partial charge in [0.15, 0.2) is 12.6 Å². The van der Waals surface area contributed by atoms with Crippen LogP contribution in [0.2, 0.25) is 0 Å². The molecule has 1 aliphatic rings. The molecule has 0 aliphatic carbocycles. The van der Waals surface area contributed by atoms with Crippen molar-refractivity contribution in [3.05, 3.63) is 28.7 Å². The maximum Gasteiger partial charge on any atom is 0.312 e. The summed E-state index contributed by atoms with van der Waals surface area (Å²) in [5.41, 5.74) is 0.676. The van der Waals surface area contributed by atoms with Crippen molar-refractivity contribution < 1.29 is 24.0 Å². The van der Waals surface area contributed by atoms with E-state index in [1.165, 1.54) is 7.11 Å². The molecule has 1 aliphatic heterocycles. The lowest BCUT2D eigenvalue weighted by molar-refractivity contribution is -0.909. The Morgan fingerprint density at radius 2 is 2.26 bits per heavy atom. The molecule has 1 saturated heterocycles. The molecule has 1 unspecified atom stereocenters. The number of carbonyl (C=O) groups is 3. The lowest BCUT2D eigenvalue weighted by Crippen LogP contribution is -3.20. The number of carbonyl (C=O) groups excluding carboxylic acids is 3. The summed E-state index contributed by atoms with van der Waals surface area (Å²) in [7, 11) is 1.28. The third-order valence-electron chi connectivity index (χ3n) is 3.65. The Kier molecular flexibility index (Phi) is 6.12. The molecule has 2 amide bonds. The molecule has 2 rings (SSSR count). The van der Waals surface area contributed by atoms with Crippen LogP contribution in [0.1, 0.15) is 6.42 Å². The molecule has 2 atom stereocenters. The van der Waals surface area contributed by atoms with Gasteiger partial charge in [-0.05, 0) is 18.2 Å². The quantitative estimate of drug-likeness (QED) is 0.587. The highest BCUT2D eigenvalue weighted by Crippen LogP contribution is 2.15. The zero-order valence-corrected chi connectivity index (χ0v) is 14.3. The molecule has 7 nitrogen and oxygen atoms in total. The molecule has 1 aromatic carbocycles. The summed E-state index contributed by atoms with van der Waals surface area (Å²) in [6.45, 7) is 1.18. The van der Waals surface area contributed by atoms with Gasteiger partial charge in [0.25, 0.3) is 11.8 Å². The maximum absolute atomic E-state index is 12.2. The SMILES string of the molecule is COC(=O)C[C@@H]1C(=O)NCC[NH+]1CC(=O)Nc1cccc(Br)c1. The van der Waals surface area contributed by atoms with E-state index >= 15 is 0 Å². The first-order chi connectivity index (χ1) is 11.0. The van der Waals surface area contributed by atoms with E-state index in [2.05, 4.69) is 31.3 Å². The fourth-order valence-corrected chi connectivity index (χ4v) is 2.90. The highest BCUT2D eigenvalue weighted by Gasteiger charge is 2.36. The number of ether oxygens (including phenoxy) is 1. The van der Waals surface area contributed by atoms with Crippen molar-refractivity contribution in [2.45, 2.75) is 12.5 Å². The zero-order valence-electron chi connectivity index (χ0n) is 12.7. The van der Waals surface area contributed by atoms with Crippen LogP contribution in [-0.2, 0) is 19.1 Å². The summed E-state index contributed by atoms with van der Waals surface area (Å²) in [4.78, 5) is 36.4. The smallest absolute Gasteiger partial charge is 0.312 e. The Bertz CT molecular complexity index is 608. The lowest BCUT2D eigenvalue weighted by atomic mass is 10.1. The normalized spacial score (nSPS) is 20.5. The molecule has 1 aromatic rings. The van der Waals surface area contributed by atoms with E-state index in [1.807, 2.05) is 12.1 Å². The van der Waals surface area contributed by atoms with Crippen LogP contribution in [0.3, 0.4) is 0 Å². The zero-order chi connectivity index (χ0) is 16.8. The number of benzene rings is 1. The second-order valence-corrected chi connectivity index (χ2v) is 6.18. The van der Waals surface area contributed by atoms with E-state index in [0.717, 1.165) is 9.37 Å². The van der Waals surface area contributed by atoms with Crippen LogP contribution in [0.15, 0.2) is 28.7 Å². The second kappa shape index (κ2) is 8.07. The van der Waals surface area contributed by atoms with Gasteiger partial charge >= 0.3 is 5.97 Å². The molecule has 0 radical (unpaired) electrons. The number of anilines is 1. The maximum atomic E-state index is 12.2. The standard InChI is InChI=1S/C15H18BrN3O4/c1-23-14(21)8-12-15(22)17-5-6-19(12)9-13(20)18-11-4-2-3-10(16)7-11/h2-4,7,12H,5-6,8-9H2,1H3,(H,17,22)(H,18,20)/p+1/t12-/m1/s1. The van der Waals surface area contributed by atoms with Crippen molar-refractivity contribution in [2.24, 2.45) is 0 Å². The Morgan fingerprint density at radius 1 is 1.48 bits per heavy atom. The van der Waals surface area contributed by atoms with E-state index in [9.17, 15) is 14.4 Å². The molecule has 1 fully saturated rings. The highest BCUT2D eigenvalue weighted by molar-refractivity contribution is 9.10. The van der Waals surface area contributed by atoms with Crippen molar-refractivity contribution in [1.29, 1.82) is 0 Å². The third-order valence-corrected chi connectivity index (χ3v) is 4.14. The van der Waals surface area contributed by atoms with Gasteiger partial charge in [-0.1, -0.05) is 22.0 Å². The lowest BCUT2D eigenvalue weighted by Gasteiger charge is -2.30. The van der Waals surface area contributed by atoms with Crippen molar-refractivity contribution in [3.63, 3.8) is 0 Å². The van der Waals surface area contributed by atoms with Gasteiger partial charge in [0.1, 0.15) is 6.42 Å². The molecule has 8 heteroatoms. The minimum absolute atomic E-state index is 0.0398. The third kappa shape index (κ3) is 5.04. The fraction of sp³-hybridized carbons (Fsp3) is 0.400. The number of esters is 1. The first-order valence-electron chi connectivity index (χ1n) is 7.24. The Hall–Kier alpha value is -1.93. The van der Waals surface area contributed by atoms with Crippen LogP contribution in [-0.4, -0.2) is 50.6 Å². The number of piperazine rings is 1. The monoisotopic (exact) mass is 384 g/mol. The van der Waals surface area contributed by atoms with Crippen molar-refractivity contribution in [2.75, 3.05) is 32.1 Å². The second-order valence-electron chi connectivity index (χ2n) is 5.27. The van der Waals surface area contributed by atoms with E-state index in [0.29, 0.717) is 18.8 Å². The molecule has 3 N–H and O–H groups in total. The van der Waals surface area contributed by atoms with Crippen LogP contribution < -0.4 is 15.5 Å². The Balaban J connectivity index is 1.99. The summed E-state index contributed by atoms with van der Waals surface area (Å²) in [6, 6.07) is 6.66. The molecule has 23 heavy (non-hydrogen) atoms. The van der Waals surface area contributed by atoms with Gasteiger partial charge in [0, 0.05) is 10.2 Å². The molecular weight excluding hydrogens is 366 g/mol. The first kappa shape index (κ1) is 17.4. The first-order valence-corrected chi connectivity index (χ1v) is 8.03. The van der Waals surface area contributed by atoms with Crippen LogP contribution in [0.4, 0.5) is 5.69 Å². The van der Waals surface area contributed by atoms with Crippen molar-refractivity contribution in [3.8, 4) is 0 Å². The van der Waals surface area contributed by atoms with Crippen LogP contribution in [0.25, 0.3) is 0 Å². The predicted octanol–water partition coefficient (Wildman–Crippen LogP) is -0.666. The average Bonchev–Trinajstić information content (AvgIpc) is 2.50. The number of rotatable bonds is 5. The van der Waals surface area contributed by atoms with E-state index in [1.54, 1.807) is 12.1 Å². The number of amides is 2. The van der Waals surface area contributed by atoms with Gasteiger partial charge < -0.3 is 20.3 Å². The van der Waals surface area contributed by atoms with Crippen molar-refractivity contribution >= 4 is 39.4 Å². The Labute approximate surface area is 142 Å². The Morgan fingerprint density at radius 3 is 2.96 bits per heavy atom. The molecule has 0 aromatic heterocycles. The van der Waals surface area contributed by atoms with E-state index < -0.39 is 12.0 Å². The van der Waals surface area contributed by atoms with Crippen molar-refractivity contribution in [1.82, 2.24) is 5.32 Å². The van der Waals surface area contributed by atoms with Gasteiger partial charge in [0.2, 0.25) is 0 Å². The van der Waals surface area contributed by atoms with Gasteiger partial charge in [0.05, 0.1) is 20.2 Å². The molecule has 1 heterocycles. The average molecular weight is 385 g/mol. The van der Waals surface area contributed by atoms with Gasteiger partial charge in [-0.3, -0.25) is 14.4 Å². The molecule has 0 saturated carbocycles. The molecule has 124 valence electrons. The van der Waals surface area contributed by atoms with E-state index in [-0.39, 0.29) is 24.8 Å². The van der Waals surface area contributed by atoms with Crippen LogP contribution in [0, 0.1) is 0 Å². The summed E-state index contributed by atoms with van der Waals surface area (Å²) in [5, 5.41) is 5.51.